The average Bonchev–Trinajstić information content (AvgIpc) is 3.35. The van der Waals surface area contributed by atoms with Gasteiger partial charge in [-0.25, -0.2) is 0 Å². The first-order valence-corrected chi connectivity index (χ1v) is 21.0. The molecule has 11 aromatic carbocycles. The van der Waals surface area contributed by atoms with Crippen molar-refractivity contribution in [2.45, 2.75) is 0 Å². The molecule has 1 heteroatoms. The van der Waals surface area contributed by atoms with E-state index in [0.29, 0.717) is 0 Å². The minimum absolute atomic E-state index is 1.08. The zero-order valence-electron chi connectivity index (χ0n) is 33.6. The monoisotopic (exact) mass is 775 g/mol. The molecule has 0 fully saturated rings. The van der Waals surface area contributed by atoms with Crippen LogP contribution in [0.3, 0.4) is 0 Å². The first-order valence-electron chi connectivity index (χ1n) is 21.0. The van der Waals surface area contributed by atoms with E-state index in [1.54, 1.807) is 0 Å². The van der Waals surface area contributed by atoms with Gasteiger partial charge in [-0.3, -0.25) is 0 Å². The number of para-hydroxylation sites is 1. The Labute approximate surface area is 357 Å². The molecule has 0 saturated carbocycles. The summed E-state index contributed by atoms with van der Waals surface area (Å²) in [5, 5.41) is 7.46. The van der Waals surface area contributed by atoms with Gasteiger partial charge in [0.1, 0.15) is 0 Å². The van der Waals surface area contributed by atoms with Crippen LogP contribution < -0.4 is 4.90 Å². The Morgan fingerprint density at radius 1 is 0.230 bits per heavy atom. The van der Waals surface area contributed by atoms with Crippen molar-refractivity contribution in [1.82, 2.24) is 0 Å². The summed E-state index contributed by atoms with van der Waals surface area (Å²) in [5.74, 6) is 0. The molecule has 1 nitrogen and oxygen atoms in total. The van der Waals surface area contributed by atoms with E-state index in [2.05, 4.69) is 254 Å². The van der Waals surface area contributed by atoms with Gasteiger partial charge in [0.2, 0.25) is 0 Å². The Morgan fingerprint density at radius 3 is 1.46 bits per heavy atom. The van der Waals surface area contributed by atoms with Crippen LogP contribution in [0.2, 0.25) is 0 Å². The number of fused-ring (bicyclic) bond motifs is 4. The molecule has 0 radical (unpaired) electrons. The molecule has 0 aromatic heterocycles. The van der Waals surface area contributed by atoms with E-state index in [-0.39, 0.29) is 0 Å². The molecule has 11 aromatic rings. The number of rotatable bonds is 8. The Bertz CT molecular complexity index is 3330. The van der Waals surface area contributed by atoms with Crippen molar-refractivity contribution >= 4 is 49.4 Å². The second-order valence-corrected chi connectivity index (χ2v) is 15.6. The van der Waals surface area contributed by atoms with Crippen molar-refractivity contribution in [3.8, 4) is 55.6 Å². The van der Waals surface area contributed by atoms with Crippen molar-refractivity contribution in [3.05, 3.63) is 249 Å². The van der Waals surface area contributed by atoms with Crippen LogP contribution >= 0.6 is 0 Å². The van der Waals surface area contributed by atoms with Gasteiger partial charge in [-0.2, -0.15) is 0 Å². The Kier molecular flexibility index (Phi) is 9.26. The molecule has 0 aliphatic heterocycles. The summed E-state index contributed by atoms with van der Waals surface area (Å²) in [6, 6.07) is 90.7. The number of hydrogen-bond acceptors (Lipinski definition) is 1. The molecule has 0 N–H and O–H groups in total. The first kappa shape index (κ1) is 36.1. The second-order valence-electron chi connectivity index (χ2n) is 15.6. The molecule has 0 aliphatic carbocycles. The maximum Gasteiger partial charge on any atom is 0.0546 e. The van der Waals surface area contributed by atoms with Crippen LogP contribution in [0.15, 0.2) is 249 Å². The maximum atomic E-state index is 2.48. The van der Waals surface area contributed by atoms with Gasteiger partial charge in [0.15, 0.2) is 0 Å². The fraction of sp³-hybridized carbons (Fsp3) is 0. The SMILES string of the molecule is c1ccc(-c2cc(-c3cccc4ccccc34)ccc2N(c2ccccc2)c2ccc(-c3cc4ccccc4c4ccccc34)c(-c3ccccc3)c2-c2ccccc2)cc1. The van der Waals surface area contributed by atoms with E-state index < -0.39 is 0 Å². The van der Waals surface area contributed by atoms with Gasteiger partial charge < -0.3 is 4.90 Å². The molecule has 0 unspecified atom stereocenters. The third-order valence-corrected chi connectivity index (χ3v) is 12.0. The summed E-state index contributed by atoms with van der Waals surface area (Å²) >= 11 is 0. The summed E-state index contributed by atoms with van der Waals surface area (Å²) in [7, 11) is 0. The molecule has 61 heavy (non-hydrogen) atoms. The van der Waals surface area contributed by atoms with E-state index in [4.69, 9.17) is 0 Å². The Morgan fingerprint density at radius 2 is 0.754 bits per heavy atom. The molecule has 0 amide bonds. The molecule has 0 saturated heterocycles. The van der Waals surface area contributed by atoms with E-state index >= 15 is 0 Å². The smallest absolute Gasteiger partial charge is 0.0546 e. The van der Waals surface area contributed by atoms with Crippen LogP contribution in [-0.4, -0.2) is 0 Å². The van der Waals surface area contributed by atoms with Gasteiger partial charge in [0.05, 0.1) is 11.4 Å². The molecule has 11 rings (SSSR count). The quantitative estimate of drug-likeness (QED) is 0.139. The highest BCUT2D eigenvalue weighted by atomic mass is 15.1. The number of nitrogens with zero attached hydrogens (tertiary/aromatic N) is 1. The third kappa shape index (κ3) is 6.54. The van der Waals surface area contributed by atoms with E-state index in [1.807, 2.05) is 0 Å². The average molecular weight is 776 g/mol. The van der Waals surface area contributed by atoms with Crippen LogP contribution in [0, 0.1) is 0 Å². The largest absolute Gasteiger partial charge is 0.309 e. The zero-order valence-corrected chi connectivity index (χ0v) is 33.6. The highest BCUT2D eigenvalue weighted by molar-refractivity contribution is 6.16. The predicted octanol–water partition coefficient (Wildman–Crippen LogP) is 17.0. The lowest BCUT2D eigenvalue weighted by Gasteiger charge is -2.32. The fourth-order valence-electron chi connectivity index (χ4n) is 9.29. The molecule has 286 valence electrons. The Hall–Kier alpha value is -8.00. The van der Waals surface area contributed by atoms with Crippen LogP contribution in [0.4, 0.5) is 17.1 Å². The third-order valence-electron chi connectivity index (χ3n) is 12.0. The van der Waals surface area contributed by atoms with Crippen molar-refractivity contribution in [2.75, 3.05) is 4.90 Å². The molecular weight excluding hydrogens is 735 g/mol. The lowest BCUT2D eigenvalue weighted by atomic mass is 9.83. The van der Waals surface area contributed by atoms with Gasteiger partial charge in [0, 0.05) is 16.8 Å². The maximum absolute atomic E-state index is 2.48. The summed E-state index contributed by atoms with van der Waals surface area (Å²) in [6.07, 6.45) is 0. The van der Waals surface area contributed by atoms with Crippen LogP contribution in [0.1, 0.15) is 0 Å². The lowest BCUT2D eigenvalue weighted by molar-refractivity contribution is 1.28. The van der Waals surface area contributed by atoms with E-state index in [1.165, 1.54) is 65.7 Å². The molecule has 0 atom stereocenters. The van der Waals surface area contributed by atoms with Gasteiger partial charge in [-0.15, -0.1) is 0 Å². The van der Waals surface area contributed by atoms with Gasteiger partial charge >= 0.3 is 0 Å². The Balaban J connectivity index is 1.25. The van der Waals surface area contributed by atoms with Gasteiger partial charge in [-0.05, 0) is 113 Å². The topological polar surface area (TPSA) is 3.24 Å². The second kappa shape index (κ2) is 15.6. The van der Waals surface area contributed by atoms with Crippen LogP contribution in [0.5, 0.6) is 0 Å². The van der Waals surface area contributed by atoms with Crippen LogP contribution in [-0.2, 0) is 0 Å². The van der Waals surface area contributed by atoms with Gasteiger partial charge in [-0.1, -0.05) is 212 Å². The van der Waals surface area contributed by atoms with Crippen molar-refractivity contribution in [1.29, 1.82) is 0 Å². The lowest BCUT2D eigenvalue weighted by Crippen LogP contribution is -2.13. The summed E-state index contributed by atoms with van der Waals surface area (Å²) in [6.45, 7) is 0. The van der Waals surface area contributed by atoms with Crippen molar-refractivity contribution in [2.24, 2.45) is 0 Å². The summed E-state index contributed by atoms with van der Waals surface area (Å²) < 4.78 is 0. The molecular formula is C60H41N. The molecule has 0 bridgehead atoms. The normalized spacial score (nSPS) is 11.3. The molecule has 0 heterocycles. The number of anilines is 3. The number of hydrogen-bond donors (Lipinski definition) is 0. The van der Waals surface area contributed by atoms with E-state index in [9.17, 15) is 0 Å². The summed E-state index contributed by atoms with van der Waals surface area (Å²) in [4.78, 5) is 2.48. The van der Waals surface area contributed by atoms with Crippen molar-refractivity contribution in [3.63, 3.8) is 0 Å². The highest BCUT2D eigenvalue weighted by Gasteiger charge is 2.26. The van der Waals surface area contributed by atoms with E-state index in [0.717, 1.165) is 39.3 Å². The fourth-order valence-corrected chi connectivity index (χ4v) is 9.29. The minimum Gasteiger partial charge on any atom is -0.309 e. The standard InChI is InChI=1S/C60H41N/c1-5-20-43(21-6-1)55-40-47(50-35-19-28-42-22-13-15-31-49(42)50)36-38-57(55)61(48-29-11-4-12-30-48)58-39-37-54(56-41-46-27-14-16-32-51(46)52-33-17-18-34-53(52)56)59(44-23-7-2-8-24-44)60(58)45-25-9-3-10-26-45/h1-41H. The molecule has 0 spiro atoms. The predicted molar refractivity (Wildman–Crippen MR) is 261 cm³/mol. The summed E-state index contributed by atoms with van der Waals surface area (Å²) in [5.41, 5.74) is 15.1. The van der Waals surface area contributed by atoms with Crippen molar-refractivity contribution < 1.29 is 0 Å². The van der Waals surface area contributed by atoms with Crippen LogP contribution in [0.25, 0.3) is 88.0 Å². The number of benzene rings is 11. The molecule has 0 aliphatic rings. The zero-order chi connectivity index (χ0) is 40.5. The van der Waals surface area contributed by atoms with Gasteiger partial charge in [0.25, 0.3) is 0 Å². The minimum atomic E-state index is 1.08. The highest BCUT2D eigenvalue weighted by Crippen LogP contribution is 2.52. The first-order chi connectivity index (χ1) is 30.3.